The van der Waals surface area contributed by atoms with E-state index in [4.69, 9.17) is 5.73 Å². The Morgan fingerprint density at radius 2 is 1.59 bits per heavy atom. The molecule has 10 nitrogen and oxygen atoms in total. The summed E-state index contributed by atoms with van der Waals surface area (Å²) in [6.07, 6.45) is 4.36. The van der Waals surface area contributed by atoms with Crippen molar-refractivity contribution in [3.05, 3.63) is 97.1 Å². The highest BCUT2D eigenvalue weighted by atomic mass is 35.5. The first-order chi connectivity index (χ1) is 24.1. The number of amides is 3. The van der Waals surface area contributed by atoms with Crippen molar-refractivity contribution in [2.24, 2.45) is 5.73 Å². The zero-order chi connectivity index (χ0) is 36.1. The molecule has 0 saturated carbocycles. The molecule has 11 heteroatoms. The first-order valence-electron chi connectivity index (χ1n) is 17.3. The Labute approximate surface area is 306 Å². The van der Waals surface area contributed by atoms with Crippen LogP contribution in [0.3, 0.4) is 0 Å². The van der Waals surface area contributed by atoms with Crippen LogP contribution < -0.4 is 27.0 Å². The van der Waals surface area contributed by atoms with Crippen LogP contribution in [0, 0.1) is 0 Å². The number of nitrogens with one attached hydrogen (secondary N) is 4. The van der Waals surface area contributed by atoms with Crippen molar-refractivity contribution in [1.82, 2.24) is 21.3 Å². The smallest absolute Gasteiger partial charge is 0.326 e. The maximum absolute atomic E-state index is 14.1. The normalized spacial score (nSPS) is 13.3. The van der Waals surface area contributed by atoms with Crippen molar-refractivity contribution in [3.8, 4) is 11.1 Å². The number of hydrogen-bond acceptors (Lipinski definition) is 6. The van der Waals surface area contributed by atoms with Crippen LogP contribution in [-0.4, -0.2) is 59.6 Å². The number of carboxylic acid groups (broad SMARTS) is 1. The van der Waals surface area contributed by atoms with Gasteiger partial charge in [-0.3, -0.25) is 19.7 Å². The summed E-state index contributed by atoms with van der Waals surface area (Å²) < 4.78 is 0. The molecule has 0 radical (unpaired) electrons. The van der Waals surface area contributed by atoms with Gasteiger partial charge in [0.1, 0.15) is 12.1 Å². The molecule has 0 saturated heterocycles. The molecule has 3 atom stereocenters. The van der Waals surface area contributed by atoms with E-state index in [1.807, 2.05) is 43.3 Å². The minimum atomic E-state index is -1.64. The highest BCUT2D eigenvalue weighted by Crippen LogP contribution is 2.33. The molecule has 272 valence electrons. The number of aliphatic carboxylic acids is 1. The van der Waals surface area contributed by atoms with Gasteiger partial charge in [0.15, 0.2) is 5.66 Å². The fourth-order valence-corrected chi connectivity index (χ4v) is 6.23. The molecule has 0 aliphatic rings. The van der Waals surface area contributed by atoms with Gasteiger partial charge in [-0.15, -0.1) is 19.0 Å². The number of fused-ring (bicyclic) bond motifs is 3. The van der Waals surface area contributed by atoms with Gasteiger partial charge in [-0.05, 0) is 83.4 Å². The van der Waals surface area contributed by atoms with E-state index in [9.17, 15) is 24.3 Å². The molecule has 3 amide bonds. The molecular formula is C40H50ClN5O5. The number of halogens is 1. The SMILES string of the molecule is C=CC[C@H](NC(=O)[C@@](CCCCN)(NCCCC)NC(=O)[C@H](Cc1ccc(-c2cccc3c2ccc2ccccc23)cc1)NC(C)=O)C(=O)O.Cl. The molecule has 4 rings (SSSR count). The van der Waals surface area contributed by atoms with Gasteiger partial charge < -0.3 is 26.8 Å². The maximum Gasteiger partial charge on any atom is 0.326 e. The summed E-state index contributed by atoms with van der Waals surface area (Å²) in [7, 11) is 0. The zero-order valence-electron chi connectivity index (χ0n) is 29.4. The number of benzene rings is 4. The summed E-state index contributed by atoms with van der Waals surface area (Å²) in [6.45, 7) is 7.72. The average Bonchev–Trinajstić information content (AvgIpc) is 3.11. The fourth-order valence-electron chi connectivity index (χ4n) is 6.23. The molecule has 0 aromatic heterocycles. The molecule has 0 bridgehead atoms. The lowest BCUT2D eigenvalue weighted by Crippen LogP contribution is -2.70. The molecule has 4 aromatic rings. The van der Waals surface area contributed by atoms with E-state index in [0.29, 0.717) is 32.4 Å². The van der Waals surface area contributed by atoms with Crippen LogP contribution in [0.1, 0.15) is 57.9 Å². The second-order valence-electron chi connectivity index (χ2n) is 12.7. The highest BCUT2D eigenvalue weighted by Gasteiger charge is 2.42. The van der Waals surface area contributed by atoms with Gasteiger partial charge in [0.2, 0.25) is 11.8 Å². The number of rotatable bonds is 19. The van der Waals surface area contributed by atoms with Gasteiger partial charge in [-0.25, -0.2) is 4.79 Å². The van der Waals surface area contributed by atoms with Crippen LogP contribution in [0.2, 0.25) is 0 Å². The Morgan fingerprint density at radius 3 is 2.25 bits per heavy atom. The second-order valence-corrected chi connectivity index (χ2v) is 12.7. The predicted octanol–water partition coefficient (Wildman–Crippen LogP) is 5.61. The lowest BCUT2D eigenvalue weighted by Gasteiger charge is -2.37. The van der Waals surface area contributed by atoms with E-state index in [0.717, 1.165) is 33.9 Å². The summed E-state index contributed by atoms with van der Waals surface area (Å²) in [5, 5.41) is 25.8. The molecule has 0 fully saturated rings. The Hall–Kier alpha value is -4.77. The Morgan fingerprint density at radius 1 is 0.863 bits per heavy atom. The van der Waals surface area contributed by atoms with Crippen LogP contribution >= 0.6 is 12.4 Å². The van der Waals surface area contributed by atoms with Crippen LogP contribution in [0.15, 0.2) is 91.5 Å². The Balaban J connectivity index is 0.00000702. The third-order valence-electron chi connectivity index (χ3n) is 8.88. The van der Waals surface area contributed by atoms with E-state index in [1.165, 1.54) is 23.8 Å². The highest BCUT2D eigenvalue weighted by molar-refractivity contribution is 6.12. The van der Waals surface area contributed by atoms with Crippen molar-refractivity contribution in [1.29, 1.82) is 0 Å². The third kappa shape index (κ3) is 10.6. The Kier molecular flexibility index (Phi) is 15.6. The number of hydrogen-bond donors (Lipinski definition) is 6. The van der Waals surface area contributed by atoms with Gasteiger partial charge in [0, 0.05) is 13.3 Å². The molecule has 0 aliphatic heterocycles. The number of nitrogens with two attached hydrogens (primary N) is 1. The lowest BCUT2D eigenvalue weighted by atomic mass is 9.93. The number of carboxylic acids is 1. The van der Waals surface area contributed by atoms with Crippen molar-refractivity contribution >= 4 is 57.6 Å². The first-order valence-corrected chi connectivity index (χ1v) is 17.3. The minimum Gasteiger partial charge on any atom is -0.480 e. The fraction of sp³-hybridized carbons (Fsp3) is 0.350. The lowest BCUT2D eigenvalue weighted by molar-refractivity contribution is -0.144. The van der Waals surface area contributed by atoms with Crippen LogP contribution in [0.4, 0.5) is 0 Å². The van der Waals surface area contributed by atoms with E-state index in [2.05, 4.69) is 70.3 Å². The van der Waals surface area contributed by atoms with Crippen LogP contribution in [0.25, 0.3) is 32.7 Å². The van der Waals surface area contributed by atoms with Crippen molar-refractivity contribution in [2.45, 2.75) is 76.5 Å². The van der Waals surface area contributed by atoms with Crippen molar-refractivity contribution in [2.75, 3.05) is 13.1 Å². The number of carbonyl (C=O) groups is 4. The molecular weight excluding hydrogens is 666 g/mol. The first kappa shape index (κ1) is 40.7. The average molecular weight is 716 g/mol. The van der Waals surface area contributed by atoms with E-state index >= 15 is 0 Å². The van der Waals surface area contributed by atoms with Crippen LogP contribution in [-0.2, 0) is 25.6 Å². The molecule has 0 heterocycles. The molecule has 4 aromatic carbocycles. The van der Waals surface area contributed by atoms with Gasteiger partial charge in [0.25, 0.3) is 5.91 Å². The minimum absolute atomic E-state index is 0. The summed E-state index contributed by atoms with van der Waals surface area (Å²) in [5.74, 6) is -2.88. The largest absolute Gasteiger partial charge is 0.480 e. The molecule has 0 spiro atoms. The van der Waals surface area contributed by atoms with Crippen molar-refractivity contribution in [3.63, 3.8) is 0 Å². The standard InChI is InChI=1S/C40H49N5O5.ClH/c1-4-6-25-42-40(23-9-10-24-41,39(50)44-35(12-5-2)38(48)49)45-37(47)36(43-27(3)46)26-28-17-19-30(20-18-28)32-15-11-16-33-31-14-8-7-13-29(31)21-22-34(32)33;/h5,7-8,11,13-22,35-36,42H,2,4,6,9-10,12,23-26,41H2,1,3H3,(H,43,46)(H,44,50)(H,45,47)(H,48,49);1H/t35-,36-,40-;/m0./s1. The van der Waals surface area contributed by atoms with Crippen LogP contribution in [0.5, 0.6) is 0 Å². The summed E-state index contributed by atoms with van der Waals surface area (Å²) in [6, 6.07) is 24.5. The predicted molar refractivity (Wildman–Crippen MR) is 207 cm³/mol. The molecule has 0 aliphatic carbocycles. The number of unbranched alkanes of at least 4 members (excludes halogenated alkanes) is 2. The van der Waals surface area contributed by atoms with E-state index in [1.54, 1.807) is 0 Å². The quantitative estimate of drug-likeness (QED) is 0.0318. The van der Waals surface area contributed by atoms with Crippen molar-refractivity contribution < 1.29 is 24.3 Å². The van der Waals surface area contributed by atoms with E-state index in [-0.39, 0.29) is 31.7 Å². The summed E-state index contributed by atoms with van der Waals surface area (Å²) in [4.78, 5) is 52.2. The summed E-state index contributed by atoms with van der Waals surface area (Å²) in [5.41, 5.74) is 7.02. The monoisotopic (exact) mass is 715 g/mol. The molecule has 51 heavy (non-hydrogen) atoms. The van der Waals surface area contributed by atoms with Gasteiger partial charge in [-0.1, -0.05) is 98.3 Å². The Bertz CT molecular complexity index is 1800. The zero-order valence-corrected chi connectivity index (χ0v) is 30.2. The molecule has 7 N–H and O–H groups in total. The second kappa shape index (κ2) is 19.6. The molecule has 0 unspecified atom stereocenters. The summed E-state index contributed by atoms with van der Waals surface area (Å²) >= 11 is 0. The number of carbonyl (C=O) groups excluding carboxylic acids is 3. The topological polar surface area (TPSA) is 163 Å². The van der Waals surface area contributed by atoms with E-state index < -0.39 is 41.4 Å². The van der Waals surface area contributed by atoms with Gasteiger partial charge in [-0.2, -0.15) is 0 Å². The van der Waals surface area contributed by atoms with Gasteiger partial charge >= 0.3 is 5.97 Å². The third-order valence-corrected chi connectivity index (χ3v) is 8.88. The van der Waals surface area contributed by atoms with Gasteiger partial charge in [0.05, 0.1) is 0 Å². The maximum atomic E-state index is 14.1.